The van der Waals surface area contributed by atoms with Gasteiger partial charge >= 0.3 is 5.97 Å². The van der Waals surface area contributed by atoms with Gasteiger partial charge in [-0.05, 0) is 12.5 Å². The van der Waals surface area contributed by atoms with Crippen LogP contribution in [0.25, 0.3) is 0 Å². The van der Waals surface area contributed by atoms with E-state index in [-0.39, 0.29) is 12.8 Å². The molecule has 0 radical (unpaired) electrons. The zero-order chi connectivity index (χ0) is 7.98. The van der Waals surface area contributed by atoms with E-state index in [1.165, 1.54) is 0 Å². The molecule has 0 aromatic rings. The highest BCUT2D eigenvalue weighted by Gasteiger charge is 2.01. The van der Waals surface area contributed by atoms with Gasteiger partial charge in [0.15, 0.2) is 0 Å². The number of hydrogen-bond acceptors (Lipinski definition) is 2. The van der Waals surface area contributed by atoms with Crippen molar-refractivity contribution in [1.29, 1.82) is 0 Å². The summed E-state index contributed by atoms with van der Waals surface area (Å²) in [6.45, 7) is 0. The van der Waals surface area contributed by atoms with E-state index in [1.807, 2.05) is 0 Å². The van der Waals surface area contributed by atoms with Crippen molar-refractivity contribution in [1.82, 2.24) is 0 Å². The molecule has 0 bridgehead atoms. The van der Waals surface area contributed by atoms with Gasteiger partial charge in [-0.15, -0.1) is 0 Å². The Bertz CT molecular complexity index is 136. The van der Waals surface area contributed by atoms with Crippen LogP contribution in [0, 0.1) is 0 Å². The van der Waals surface area contributed by atoms with Crippen molar-refractivity contribution >= 4 is 5.97 Å². The summed E-state index contributed by atoms with van der Waals surface area (Å²) in [6, 6.07) is -0.485. The Balaban J connectivity index is 3.39. The lowest BCUT2D eigenvalue weighted by Gasteiger charge is -2.00. The number of carboxylic acids is 1. The highest BCUT2D eigenvalue weighted by Crippen LogP contribution is 1.95. The first-order chi connectivity index (χ1) is 4.66. The fourth-order valence-electron chi connectivity index (χ4n) is 0.480. The molecule has 0 fully saturated rings. The zero-order valence-corrected chi connectivity index (χ0v) is 5.46. The van der Waals surface area contributed by atoms with E-state index in [0.29, 0.717) is 6.33 Å². The molecule has 1 atom stereocenters. The summed E-state index contributed by atoms with van der Waals surface area (Å²) >= 11 is 0. The summed E-state index contributed by atoms with van der Waals surface area (Å²) in [7, 11) is 0. The molecule has 0 rings (SSSR count). The monoisotopic (exact) mass is 147 g/mol. The molecular formula is C6H10FNO2. The van der Waals surface area contributed by atoms with Crippen LogP contribution in [0.15, 0.2) is 12.4 Å². The van der Waals surface area contributed by atoms with Gasteiger partial charge < -0.3 is 10.8 Å². The second-order valence-corrected chi connectivity index (χ2v) is 1.91. The fourth-order valence-corrected chi connectivity index (χ4v) is 0.480. The van der Waals surface area contributed by atoms with Crippen LogP contribution in [-0.4, -0.2) is 17.1 Å². The predicted molar refractivity (Wildman–Crippen MR) is 35.1 cm³/mol. The molecule has 3 N–H and O–H groups in total. The second-order valence-electron chi connectivity index (χ2n) is 1.91. The van der Waals surface area contributed by atoms with E-state index in [2.05, 4.69) is 0 Å². The third-order valence-electron chi connectivity index (χ3n) is 1.01. The molecule has 0 amide bonds. The van der Waals surface area contributed by atoms with Crippen LogP contribution in [0.2, 0.25) is 0 Å². The number of rotatable bonds is 4. The van der Waals surface area contributed by atoms with Gasteiger partial charge in [0, 0.05) is 12.5 Å². The van der Waals surface area contributed by atoms with Crippen molar-refractivity contribution in [3.8, 4) is 0 Å². The van der Waals surface area contributed by atoms with Gasteiger partial charge in [0.2, 0.25) is 0 Å². The molecule has 10 heavy (non-hydrogen) atoms. The standard InChI is InChI=1S/C6H10FNO2/c7-4-3-5(8)1-2-6(9)10/h3-5H,1-2,8H2,(H,9,10)/b4-3+. The molecule has 1 unspecified atom stereocenters. The summed E-state index contributed by atoms with van der Waals surface area (Å²) in [5.74, 6) is -0.914. The molecule has 0 heterocycles. The number of carbonyl (C=O) groups is 1. The number of halogens is 1. The molecule has 0 aliphatic carbocycles. The minimum absolute atomic E-state index is 0.0223. The van der Waals surface area contributed by atoms with E-state index >= 15 is 0 Å². The minimum atomic E-state index is -0.914. The van der Waals surface area contributed by atoms with E-state index < -0.39 is 12.0 Å². The molecule has 0 saturated carbocycles. The second kappa shape index (κ2) is 4.93. The molecule has 0 aliphatic heterocycles. The molecule has 58 valence electrons. The van der Waals surface area contributed by atoms with Crippen LogP contribution in [0.1, 0.15) is 12.8 Å². The van der Waals surface area contributed by atoms with Gasteiger partial charge in [-0.3, -0.25) is 4.79 Å². The van der Waals surface area contributed by atoms with E-state index in [4.69, 9.17) is 10.8 Å². The lowest BCUT2D eigenvalue weighted by atomic mass is 10.2. The van der Waals surface area contributed by atoms with Crippen molar-refractivity contribution in [3.63, 3.8) is 0 Å². The predicted octanol–water partition coefficient (Wildman–Crippen LogP) is 0.662. The lowest BCUT2D eigenvalue weighted by Crippen LogP contribution is -2.17. The largest absolute Gasteiger partial charge is 0.481 e. The summed E-state index contributed by atoms with van der Waals surface area (Å²) in [4.78, 5) is 9.93. The Morgan fingerprint density at radius 3 is 2.80 bits per heavy atom. The minimum Gasteiger partial charge on any atom is -0.481 e. The topological polar surface area (TPSA) is 63.3 Å². The molecule has 0 aromatic carbocycles. The molecule has 0 spiro atoms. The summed E-state index contributed by atoms with van der Waals surface area (Å²) in [6.07, 6.45) is 1.71. The van der Waals surface area contributed by atoms with Crippen molar-refractivity contribution < 1.29 is 14.3 Å². The van der Waals surface area contributed by atoms with Crippen molar-refractivity contribution in [2.24, 2.45) is 5.73 Å². The van der Waals surface area contributed by atoms with Crippen molar-refractivity contribution in [3.05, 3.63) is 12.4 Å². The third kappa shape index (κ3) is 5.24. The number of aliphatic carboxylic acids is 1. The van der Waals surface area contributed by atoms with Gasteiger partial charge in [-0.2, -0.15) is 0 Å². The van der Waals surface area contributed by atoms with Crippen molar-refractivity contribution in [2.45, 2.75) is 18.9 Å². The van der Waals surface area contributed by atoms with Crippen molar-refractivity contribution in [2.75, 3.05) is 0 Å². The maximum absolute atomic E-state index is 11.4. The summed E-state index contributed by atoms with van der Waals surface area (Å²) in [5.41, 5.74) is 5.24. The van der Waals surface area contributed by atoms with Crippen LogP contribution in [0.4, 0.5) is 4.39 Å². The van der Waals surface area contributed by atoms with E-state index in [9.17, 15) is 9.18 Å². The van der Waals surface area contributed by atoms with Gasteiger partial charge in [0.1, 0.15) is 0 Å². The maximum Gasteiger partial charge on any atom is 0.303 e. The van der Waals surface area contributed by atoms with E-state index in [0.717, 1.165) is 6.08 Å². The number of carboxylic acid groups (broad SMARTS) is 1. The SMILES string of the molecule is NC(/C=C/F)CCC(=O)O. The highest BCUT2D eigenvalue weighted by atomic mass is 19.1. The Morgan fingerprint density at radius 1 is 1.80 bits per heavy atom. The van der Waals surface area contributed by atoms with Gasteiger partial charge in [0.25, 0.3) is 0 Å². The first kappa shape index (κ1) is 9.10. The van der Waals surface area contributed by atoms with Gasteiger partial charge in [0.05, 0.1) is 6.33 Å². The summed E-state index contributed by atoms with van der Waals surface area (Å²) < 4.78 is 11.4. The first-order valence-electron chi connectivity index (χ1n) is 2.91. The van der Waals surface area contributed by atoms with Crippen LogP contribution in [0.5, 0.6) is 0 Å². The van der Waals surface area contributed by atoms with Gasteiger partial charge in [-0.25, -0.2) is 4.39 Å². The quantitative estimate of drug-likeness (QED) is 0.614. The normalized spacial score (nSPS) is 13.8. The summed E-state index contributed by atoms with van der Waals surface area (Å²) in [5, 5.41) is 8.16. The first-order valence-corrected chi connectivity index (χ1v) is 2.91. The van der Waals surface area contributed by atoms with Crippen LogP contribution >= 0.6 is 0 Å². The average Bonchev–Trinajstić information content (AvgIpc) is 1.85. The van der Waals surface area contributed by atoms with Crippen LogP contribution in [0.3, 0.4) is 0 Å². The average molecular weight is 147 g/mol. The molecule has 0 aromatic heterocycles. The zero-order valence-electron chi connectivity index (χ0n) is 5.46. The number of hydrogen-bond donors (Lipinski definition) is 2. The molecular weight excluding hydrogens is 137 g/mol. The Labute approximate surface area is 58.3 Å². The Hall–Kier alpha value is -0.900. The highest BCUT2D eigenvalue weighted by molar-refractivity contribution is 5.66. The fraction of sp³-hybridized carbons (Fsp3) is 0.500. The third-order valence-corrected chi connectivity index (χ3v) is 1.01. The molecule has 3 nitrogen and oxygen atoms in total. The Morgan fingerprint density at radius 2 is 2.40 bits per heavy atom. The molecule has 4 heteroatoms. The lowest BCUT2D eigenvalue weighted by molar-refractivity contribution is -0.137. The van der Waals surface area contributed by atoms with Crippen LogP contribution < -0.4 is 5.73 Å². The van der Waals surface area contributed by atoms with Crippen LogP contribution in [-0.2, 0) is 4.79 Å². The Kier molecular flexibility index (Phi) is 4.49. The molecule has 0 saturated heterocycles. The number of nitrogens with two attached hydrogens (primary N) is 1. The van der Waals surface area contributed by atoms with Gasteiger partial charge in [-0.1, -0.05) is 0 Å². The smallest absolute Gasteiger partial charge is 0.303 e. The van der Waals surface area contributed by atoms with E-state index in [1.54, 1.807) is 0 Å². The maximum atomic E-state index is 11.4. The molecule has 0 aliphatic rings.